The molecule has 13 nitrogen and oxygen atoms in total. The molecule has 2 saturated heterocycles. The van der Waals surface area contributed by atoms with Crippen molar-refractivity contribution in [2.75, 3.05) is 61.1 Å². The first-order chi connectivity index (χ1) is 24.7. The van der Waals surface area contributed by atoms with Gasteiger partial charge in [-0.25, -0.2) is 4.79 Å². The van der Waals surface area contributed by atoms with Gasteiger partial charge in [0.1, 0.15) is 0 Å². The van der Waals surface area contributed by atoms with E-state index in [4.69, 9.17) is 15.2 Å². The fourth-order valence-corrected chi connectivity index (χ4v) is 8.36. The zero-order valence-electron chi connectivity index (χ0n) is 33.0. The number of nitrogens with one attached hydrogen (secondary N) is 1. The van der Waals surface area contributed by atoms with Crippen LogP contribution in [0.2, 0.25) is 0 Å². The van der Waals surface area contributed by atoms with Gasteiger partial charge in [0, 0.05) is 47.4 Å². The number of methoxy groups -OCH3 is 2. The van der Waals surface area contributed by atoms with Crippen molar-refractivity contribution in [3.05, 3.63) is 35.9 Å². The topological polar surface area (TPSA) is 158 Å². The van der Waals surface area contributed by atoms with Crippen molar-refractivity contribution in [3.63, 3.8) is 0 Å². The molecular formula is C39H66N6O7. The summed E-state index contributed by atoms with van der Waals surface area (Å²) in [5.74, 6) is -1.63. The Morgan fingerprint density at radius 1 is 1.00 bits per heavy atom. The lowest BCUT2D eigenvalue weighted by molar-refractivity contribution is -0.150. The van der Waals surface area contributed by atoms with Gasteiger partial charge in [0.25, 0.3) is 0 Å². The summed E-state index contributed by atoms with van der Waals surface area (Å²) in [6.45, 7) is 11.9. The van der Waals surface area contributed by atoms with Gasteiger partial charge < -0.3 is 45.2 Å². The minimum absolute atomic E-state index is 0.000888. The molecule has 0 aliphatic carbocycles. The van der Waals surface area contributed by atoms with Crippen LogP contribution < -0.4 is 11.1 Å². The van der Waals surface area contributed by atoms with Crippen LogP contribution in [0.15, 0.2) is 30.3 Å². The molecule has 4 N–H and O–H groups in total. The number of likely N-dealkylation sites (N-methyl/N-ethyl adjacent to an activating group) is 2. The van der Waals surface area contributed by atoms with E-state index in [9.17, 15) is 24.3 Å². The first-order valence-corrected chi connectivity index (χ1v) is 19.0. The highest BCUT2D eigenvalue weighted by Gasteiger charge is 2.45. The smallest absolute Gasteiger partial charge is 0.315 e. The average Bonchev–Trinajstić information content (AvgIpc) is 3.61. The molecule has 1 aromatic rings. The van der Waals surface area contributed by atoms with Crippen molar-refractivity contribution < 1.29 is 33.8 Å². The molecule has 13 heteroatoms. The second-order valence-corrected chi connectivity index (χ2v) is 15.3. The van der Waals surface area contributed by atoms with Crippen LogP contribution in [-0.2, 0) is 30.3 Å². The Balaban J connectivity index is 1.79. The lowest BCUT2D eigenvalue weighted by atomic mass is 9.83. The highest BCUT2D eigenvalue weighted by molar-refractivity contribution is 5.82. The molecular weight excluding hydrogens is 664 g/mol. The molecule has 52 heavy (non-hydrogen) atoms. The Morgan fingerprint density at radius 3 is 2.23 bits per heavy atom. The Morgan fingerprint density at radius 2 is 1.67 bits per heavy atom. The van der Waals surface area contributed by atoms with E-state index in [1.54, 1.807) is 38.0 Å². The number of carbonyl (C=O) groups is 4. The number of nitrogens with two attached hydrogens (primary N) is 1. The van der Waals surface area contributed by atoms with Gasteiger partial charge in [-0.2, -0.15) is 0 Å². The fraction of sp³-hybridized carbons (Fsp3) is 0.744. The van der Waals surface area contributed by atoms with Gasteiger partial charge in [-0.3, -0.25) is 14.4 Å². The van der Waals surface area contributed by atoms with Gasteiger partial charge in [-0.1, -0.05) is 71.4 Å². The van der Waals surface area contributed by atoms with E-state index in [0.717, 1.165) is 18.4 Å². The molecule has 0 saturated carbocycles. The van der Waals surface area contributed by atoms with Crippen LogP contribution >= 0.6 is 0 Å². The van der Waals surface area contributed by atoms with Gasteiger partial charge in [0.15, 0.2) is 0 Å². The summed E-state index contributed by atoms with van der Waals surface area (Å²) in [5, 5.41) is 13.0. The summed E-state index contributed by atoms with van der Waals surface area (Å²) in [6, 6.07) is 7.58. The molecule has 1 aromatic carbocycles. The second-order valence-electron chi connectivity index (χ2n) is 15.3. The number of carbonyl (C=O) groups excluding carboxylic acids is 4. The van der Waals surface area contributed by atoms with E-state index < -0.39 is 42.2 Å². The Hall–Kier alpha value is -3.26. The Labute approximate surface area is 311 Å². The first-order valence-electron chi connectivity index (χ1n) is 19.0. The summed E-state index contributed by atoms with van der Waals surface area (Å²) in [5.41, 5.74) is 6.81. The summed E-state index contributed by atoms with van der Waals surface area (Å²) in [6.07, 6.45) is 1.59. The number of benzene rings is 1. The van der Waals surface area contributed by atoms with Crippen LogP contribution in [0.3, 0.4) is 0 Å². The van der Waals surface area contributed by atoms with Crippen LogP contribution in [0.25, 0.3) is 0 Å². The van der Waals surface area contributed by atoms with Gasteiger partial charge in [-0.15, -0.1) is 0 Å². The molecule has 2 fully saturated rings. The largest absolute Gasteiger partial charge is 0.394 e. The van der Waals surface area contributed by atoms with E-state index in [1.807, 2.05) is 56.1 Å². The van der Waals surface area contributed by atoms with E-state index in [-0.39, 0.29) is 54.7 Å². The number of hydrogen-bond acceptors (Lipinski definition) is 8. The van der Waals surface area contributed by atoms with Crippen molar-refractivity contribution in [1.29, 1.82) is 0 Å². The minimum atomic E-state index is -0.600. The van der Waals surface area contributed by atoms with E-state index in [1.165, 1.54) is 0 Å². The fourth-order valence-electron chi connectivity index (χ4n) is 8.36. The number of rotatable bonds is 18. The van der Waals surface area contributed by atoms with Crippen LogP contribution in [0.4, 0.5) is 4.79 Å². The Bertz CT molecular complexity index is 1300. The predicted molar refractivity (Wildman–Crippen MR) is 201 cm³/mol. The van der Waals surface area contributed by atoms with Crippen molar-refractivity contribution in [1.82, 2.24) is 24.9 Å². The number of nitrogens with zero attached hydrogens (tertiary/aromatic N) is 4. The molecule has 2 aliphatic rings. The number of piperazine rings is 1. The standard InChI is InChI=1S/C39H66N6O7/c1-10-26(4)35(43(7)38(49)34(25(2)3)31-23-42(6)19-20-45(31)39(40)50)32(51-8)22-33(47)44-18-14-17-30(44)36(52-9)27(5)37(48)41-29(24-46)21-28-15-12-11-13-16-28/h11-13,15-16,25-27,29-32,34-36,46H,10,14,17-24H2,1-9H3,(H2,40,50)(H,41,48)/t26-,27+,29-,30-,31?,32+,34-,35-,36+/m0/s1. The first kappa shape index (κ1) is 43.1. The quantitative estimate of drug-likeness (QED) is 0.208. The number of urea groups is 1. The number of likely N-dealkylation sites (tertiary alicyclic amines) is 1. The monoisotopic (exact) mass is 730 g/mol. The maximum Gasteiger partial charge on any atom is 0.315 e. The Kier molecular flexibility index (Phi) is 16.8. The van der Waals surface area contributed by atoms with Gasteiger partial charge in [-0.05, 0) is 43.7 Å². The molecule has 294 valence electrons. The number of amides is 5. The van der Waals surface area contributed by atoms with Crippen LogP contribution in [0.1, 0.15) is 65.9 Å². The summed E-state index contributed by atoms with van der Waals surface area (Å²) >= 11 is 0. The molecule has 2 heterocycles. The molecule has 9 atom stereocenters. The van der Waals surface area contributed by atoms with Crippen LogP contribution in [0, 0.1) is 23.7 Å². The lowest BCUT2D eigenvalue weighted by Crippen LogP contribution is -2.62. The molecule has 3 rings (SSSR count). The lowest BCUT2D eigenvalue weighted by Gasteiger charge is -2.46. The molecule has 0 aromatic heterocycles. The van der Waals surface area contributed by atoms with Crippen molar-refractivity contribution >= 4 is 23.8 Å². The van der Waals surface area contributed by atoms with E-state index >= 15 is 0 Å². The SMILES string of the molecule is CC[C@H](C)[C@@H]([C@@H](CC(=O)N1CCC[C@H]1[C@H](OC)[C@@H](C)C(=O)N[C@H](CO)Cc1ccccc1)OC)N(C)C(=O)[C@@H](C(C)C)C1CN(C)CCN1C(N)=O. The number of aliphatic hydroxyl groups excluding tert-OH is 1. The number of ether oxygens (including phenoxy) is 2. The van der Waals surface area contributed by atoms with Gasteiger partial charge in [0.2, 0.25) is 17.7 Å². The maximum atomic E-state index is 14.5. The third-order valence-corrected chi connectivity index (χ3v) is 11.5. The third kappa shape index (κ3) is 10.7. The molecule has 5 amide bonds. The number of hydrogen-bond donors (Lipinski definition) is 3. The highest BCUT2D eigenvalue weighted by atomic mass is 16.5. The average molecular weight is 731 g/mol. The van der Waals surface area contributed by atoms with Gasteiger partial charge in [0.05, 0.1) is 61.2 Å². The molecule has 1 unspecified atom stereocenters. The predicted octanol–water partition coefficient (Wildman–Crippen LogP) is 2.59. The van der Waals surface area contributed by atoms with E-state index in [0.29, 0.717) is 39.0 Å². The van der Waals surface area contributed by atoms with Crippen molar-refractivity contribution in [2.45, 2.75) is 103 Å². The maximum absolute atomic E-state index is 14.5. The third-order valence-electron chi connectivity index (χ3n) is 11.5. The normalized spacial score (nSPS) is 22.3. The van der Waals surface area contributed by atoms with E-state index in [2.05, 4.69) is 24.1 Å². The van der Waals surface area contributed by atoms with Crippen LogP contribution in [0.5, 0.6) is 0 Å². The zero-order valence-corrected chi connectivity index (χ0v) is 33.0. The van der Waals surface area contributed by atoms with Crippen molar-refractivity contribution in [2.24, 2.45) is 29.4 Å². The molecule has 0 spiro atoms. The molecule has 2 aliphatic heterocycles. The molecule has 0 bridgehead atoms. The highest BCUT2D eigenvalue weighted by Crippen LogP contribution is 2.32. The minimum Gasteiger partial charge on any atom is -0.394 e. The van der Waals surface area contributed by atoms with Gasteiger partial charge >= 0.3 is 6.03 Å². The number of aliphatic hydroxyl groups is 1. The summed E-state index contributed by atoms with van der Waals surface area (Å²) in [7, 11) is 6.91. The summed E-state index contributed by atoms with van der Waals surface area (Å²) < 4.78 is 12.0. The number of primary amides is 1. The van der Waals surface area contributed by atoms with Crippen molar-refractivity contribution in [3.8, 4) is 0 Å². The summed E-state index contributed by atoms with van der Waals surface area (Å²) in [4.78, 5) is 62.0. The second kappa shape index (κ2) is 20.3. The molecule has 0 radical (unpaired) electrons. The zero-order chi connectivity index (χ0) is 38.7. The van der Waals surface area contributed by atoms with Crippen LogP contribution in [-0.4, -0.2) is 146 Å².